The first kappa shape index (κ1) is 34.0. The molecular weight excluding hydrogens is 448 g/mol. The summed E-state index contributed by atoms with van der Waals surface area (Å²) in [6, 6.07) is 0. The molecule has 204 valence electrons. The van der Waals surface area contributed by atoms with Crippen LogP contribution in [0.5, 0.6) is 0 Å². The van der Waals surface area contributed by atoms with Crippen molar-refractivity contribution in [2.24, 2.45) is 16.8 Å². The van der Waals surface area contributed by atoms with Crippen molar-refractivity contribution in [1.29, 1.82) is 0 Å². The van der Waals surface area contributed by atoms with Crippen molar-refractivity contribution in [3.63, 3.8) is 0 Å². The van der Waals surface area contributed by atoms with E-state index in [9.17, 15) is 8.78 Å². The summed E-state index contributed by atoms with van der Waals surface area (Å²) < 4.78 is 28.4. The summed E-state index contributed by atoms with van der Waals surface area (Å²) in [4.78, 5) is 4.44. The van der Waals surface area contributed by atoms with Gasteiger partial charge < -0.3 is 0 Å². The van der Waals surface area contributed by atoms with Crippen molar-refractivity contribution in [1.82, 2.24) is 0 Å². The summed E-state index contributed by atoms with van der Waals surface area (Å²) in [5.74, 6) is -1.07. The molecule has 0 N–H and O–H groups in total. The van der Waals surface area contributed by atoms with Gasteiger partial charge in [0.15, 0.2) is 0 Å². The SMILES string of the molecule is C=C(C)C(N=C(C)/C(=C\C(=C/C)C1=CCC=C1)C(C)(F)F)=C(C)C.CCCC(CCC)CCC(C)C. The normalized spacial score (nSPS) is 14.7. The monoisotopic (exact) mass is 501 g/mol. The highest BCUT2D eigenvalue weighted by Gasteiger charge is 2.30. The van der Waals surface area contributed by atoms with E-state index in [1.165, 1.54) is 38.5 Å². The van der Waals surface area contributed by atoms with Crippen LogP contribution in [0.15, 0.2) is 75.5 Å². The molecule has 0 amide bonds. The van der Waals surface area contributed by atoms with E-state index in [1.807, 2.05) is 52.0 Å². The molecule has 0 aromatic carbocycles. The third kappa shape index (κ3) is 13.3. The van der Waals surface area contributed by atoms with Gasteiger partial charge in [-0.05, 0) is 75.7 Å². The predicted octanol–water partition coefficient (Wildman–Crippen LogP) is 11.4. The van der Waals surface area contributed by atoms with Crippen LogP contribution < -0.4 is 0 Å². The largest absolute Gasteiger partial charge is 0.272 e. The molecular formula is C33H53F2N. The summed E-state index contributed by atoms with van der Waals surface area (Å²) in [6.07, 6.45) is 18.7. The molecule has 0 aromatic rings. The first-order valence-electron chi connectivity index (χ1n) is 13.8. The van der Waals surface area contributed by atoms with Crippen LogP contribution in [0.3, 0.4) is 0 Å². The van der Waals surface area contributed by atoms with E-state index in [1.54, 1.807) is 13.0 Å². The quantitative estimate of drug-likeness (QED) is 0.176. The van der Waals surface area contributed by atoms with Crippen LogP contribution in [-0.4, -0.2) is 11.6 Å². The molecule has 0 atom stereocenters. The maximum absolute atomic E-state index is 14.2. The van der Waals surface area contributed by atoms with Crippen LogP contribution in [0.1, 0.15) is 114 Å². The van der Waals surface area contributed by atoms with Gasteiger partial charge in [-0.3, -0.25) is 4.99 Å². The van der Waals surface area contributed by atoms with Crippen LogP contribution in [0.25, 0.3) is 0 Å². The second-order valence-corrected chi connectivity index (χ2v) is 10.7. The molecule has 0 aliphatic heterocycles. The minimum Gasteiger partial charge on any atom is -0.253 e. The first-order valence-corrected chi connectivity index (χ1v) is 13.8. The molecule has 0 spiro atoms. The zero-order valence-corrected chi connectivity index (χ0v) is 24.9. The van der Waals surface area contributed by atoms with Gasteiger partial charge in [0.2, 0.25) is 0 Å². The Labute approximate surface area is 222 Å². The number of hydrogen-bond donors (Lipinski definition) is 0. The number of hydrogen-bond acceptors (Lipinski definition) is 1. The molecule has 0 saturated heterocycles. The molecule has 1 aliphatic carbocycles. The van der Waals surface area contributed by atoms with Crippen molar-refractivity contribution in [2.45, 2.75) is 120 Å². The average Bonchev–Trinajstić information content (AvgIpc) is 3.30. The van der Waals surface area contributed by atoms with E-state index in [4.69, 9.17) is 0 Å². The summed E-state index contributed by atoms with van der Waals surface area (Å²) in [6.45, 7) is 23.2. The standard InChI is InChI=1S/C21H27F2N.C12H26/c1-8-17(18-11-9-10-12-18)13-19(21(7,22)23)16(6)24-20(14(2)3)15(4)5;1-5-7-12(8-6-2)10-9-11(3)4/h8-9,11-13H,2,10H2,1,3-7H3;11-12H,5-10H2,1-4H3/b17-8+,19-13+,24-16?;. The zero-order valence-electron chi connectivity index (χ0n) is 24.9. The fourth-order valence-corrected chi connectivity index (χ4v) is 4.39. The molecule has 0 radical (unpaired) electrons. The molecule has 0 saturated carbocycles. The van der Waals surface area contributed by atoms with Crippen LogP contribution in [0.2, 0.25) is 0 Å². The predicted molar refractivity (Wildman–Crippen MR) is 158 cm³/mol. The second kappa shape index (κ2) is 17.4. The number of aliphatic imine (C=N–C) groups is 1. The maximum atomic E-state index is 14.2. The van der Waals surface area contributed by atoms with Crippen LogP contribution in [-0.2, 0) is 0 Å². The van der Waals surface area contributed by atoms with Gasteiger partial charge in [0.25, 0.3) is 5.92 Å². The molecule has 3 heteroatoms. The van der Waals surface area contributed by atoms with Crippen LogP contribution in [0, 0.1) is 11.8 Å². The number of alkyl halides is 2. The Bertz CT molecular complexity index is 860. The van der Waals surface area contributed by atoms with Gasteiger partial charge in [-0.25, -0.2) is 8.78 Å². The van der Waals surface area contributed by atoms with Gasteiger partial charge in [0.05, 0.1) is 5.70 Å². The summed E-state index contributed by atoms with van der Waals surface area (Å²) in [7, 11) is 0. The smallest absolute Gasteiger partial charge is 0.253 e. The van der Waals surface area contributed by atoms with E-state index < -0.39 is 5.92 Å². The highest BCUT2D eigenvalue weighted by Crippen LogP contribution is 2.30. The van der Waals surface area contributed by atoms with Crippen LogP contribution in [0.4, 0.5) is 8.78 Å². The van der Waals surface area contributed by atoms with Gasteiger partial charge in [-0.1, -0.05) is 103 Å². The van der Waals surface area contributed by atoms with E-state index in [2.05, 4.69) is 39.3 Å². The Morgan fingerprint density at radius 2 is 1.64 bits per heavy atom. The molecule has 0 unspecified atom stereocenters. The molecule has 1 rings (SSSR count). The maximum Gasteiger partial charge on any atom is 0.272 e. The van der Waals surface area contributed by atoms with E-state index >= 15 is 0 Å². The molecule has 0 fully saturated rings. The fraction of sp³-hybridized carbons (Fsp3) is 0.606. The molecule has 1 nitrogen and oxygen atoms in total. The van der Waals surface area contributed by atoms with E-state index in [0.717, 1.165) is 47.5 Å². The summed E-state index contributed by atoms with van der Waals surface area (Å²) in [5, 5.41) is 0. The number of rotatable bonds is 13. The lowest BCUT2D eigenvalue weighted by molar-refractivity contribution is 0.0700. The lowest BCUT2D eigenvalue weighted by Gasteiger charge is -2.17. The molecule has 0 heterocycles. The number of halogens is 2. The number of nitrogens with zero attached hydrogens (tertiary/aromatic N) is 1. The van der Waals surface area contributed by atoms with Gasteiger partial charge in [-0.15, -0.1) is 0 Å². The molecule has 1 aliphatic rings. The van der Waals surface area contributed by atoms with Gasteiger partial charge in [0.1, 0.15) is 0 Å². The summed E-state index contributed by atoms with van der Waals surface area (Å²) >= 11 is 0. The highest BCUT2D eigenvalue weighted by molar-refractivity contribution is 6.01. The molecule has 36 heavy (non-hydrogen) atoms. The van der Waals surface area contributed by atoms with Crippen molar-refractivity contribution in [3.8, 4) is 0 Å². The van der Waals surface area contributed by atoms with Crippen molar-refractivity contribution >= 4 is 5.71 Å². The number of allylic oxidation sites excluding steroid dienone is 10. The minimum atomic E-state index is -2.98. The Kier molecular flexibility index (Phi) is 16.4. The van der Waals surface area contributed by atoms with Crippen LogP contribution >= 0.6 is 0 Å². The summed E-state index contributed by atoms with van der Waals surface area (Å²) in [5.41, 5.74) is 4.37. The van der Waals surface area contributed by atoms with Crippen molar-refractivity contribution in [3.05, 3.63) is 70.5 Å². The lowest BCUT2D eigenvalue weighted by atomic mass is 9.91. The van der Waals surface area contributed by atoms with Gasteiger partial charge >= 0.3 is 0 Å². The van der Waals surface area contributed by atoms with Crippen molar-refractivity contribution in [2.75, 3.05) is 0 Å². The molecule has 0 aromatic heterocycles. The lowest BCUT2D eigenvalue weighted by Crippen LogP contribution is -2.20. The van der Waals surface area contributed by atoms with E-state index in [-0.39, 0.29) is 5.57 Å². The molecule has 0 bridgehead atoms. The van der Waals surface area contributed by atoms with Crippen molar-refractivity contribution < 1.29 is 8.78 Å². The zero-order chi connectivity index (χ0) is 27.9. The highest BCUT2D eigenvalue weighted by atomic mass is 19.3. The van der Waals surface area contributed by atoms with Gasteiger partial charge in [-0.2, -0.15) is 0 Å². The third-order valence-corrected chi connectivity index (χ3v) is 6.28. The average molecular weight is 502 g/mol. The first-order chi connectivity index (χ1) is 16.8. The topological polar surface area (TPSA) is 12.4 Å². The second-order valence-electron chi connectivity index (χ2n) is 10.7. The fourth-order valence-electron chi connectivity index (χ4n) is 4.39. The Balaban J connectivity index is 0.000000860. The van der Waals surface area contributed by atoms with Gasteiger partial charge in [0, 0.05) is 18.2 Å². The Morgan fingerprint density at radius 3 is 2.00 bits per heavy atom. The Morgan fingerprint density at radius 1 is 1.06 bits per heavy atom. The Hall–Kier alpha value is -2.03. The van der Waals surface area contributed by atoms with E-state index in [0.29, 0.717) is 11.4 Å². The minimum absolute atomic E-state index is 0.0724. The third-order valence-electron chi connectivity index (χ3n) is 6.28.